The van der Waals surface area contributed by atoms with Crippen molar-refractivity contribution in [3.8, 4) is 0 Å². The second-order valence-electron chi connectivity index (χ2n) is 6.77. The van der Waals surface area contributed by atoms with Crippen LogP contribution in [0.2, 0.25) is 0 Å². The first-order valence-corrected chi connectivity index (χ1v) is 9.27. The van der Waals surface area contributed by atoms with Crippen molar-refractivity contribution in [3.05, 3.63) is 90.0 Å². The van der Waals surface area contributed by atoms with Gasteiger partial charge in [0.05, 0.1) is 23.8 Å². The summed E-state index contributed by atoms with van der Waals surface area (Å²) in [6.45, 7) is 4.22. The van der Waals surface area contributed by atoms with Gasteiger partial charge < -0.3 is 10.6 Å². The molecule has 0 unspecified atom stereocenters. The van der Waals surface area contributed by atoms with Crippen LogP contribution in [0.25, 0.3) is 6.08 Å². The molecule has 2 amide bonds. The zero-order valence-corrected chi connectivity index (χ0v) is 16.3. The number of anilines is 2. The molecule has 1 aromatic carbocycles. The van der Waals surface area contributed by atoms with Gasteiger partial charge in [0.1, 0.15) is 5.57 Å². The molecule has 2 aromatic heterocycles. The summed E-state index contributed by atoms with van der Waals surface area (Å²) < 4.78 is 0. The Balaban J connectivity index is 1.89. The zero-order valence-electron chi connectivity index (χ0n) is 16.3. The summed E-state index contributed by atoms with van der Waals surface area (Å²) in [5.41, 5.74) is 2.94. The van der Waals surface area contributed by atoms with Crippen molar-refractivity contribution in [2.45, 2.75) is 19.8 Å². The lowest BCUT2D eigenvalue weighted by atomic mass is 10.0. The molecule has 0 saturated heterocycles. The molecule has 2 heterocycles. The topological polar surface area (TPSA) is 84.0 Å². The minimum atomic E-state index is -0.521. The highest BCUT2D eigenvalue weighted by Gasteiger charge is 2.19. The quantitative estimate of drug-likeness (QED) is 0.377. The SMILES string of the molecule is CC(C)c1ccc(C=C(C(=O)Nc2cccnc2)C(=O)Nc2cccnc2)cc1. The van der Waals surface area contributed by atoms with Crippen LogP contribution in [-0.4, -0.2) is 21.8 Å². The third-order valence-electron chi connectivity index (χ3n) is 4.24. The predicted molar refractivity (Wildman–Crippen MR) is 114 cm³/mol. The van der Waals surface area contributed by atoms with Gasteiger partial charge in [0.15, 0.2) is 0 Å². The average Bonchev–Trinajstić information content (AvgIpc) is 2.73. The van der Waals surface area contributed by atoms with Crippen molar-refractivity contribution in [2.75, 3.05) is 10.6 Å². The maximum atomic E-state index is 12.8. The number of aromatic nitrogens is 2. The van der Waals surface area contributed by atoms with E-state index in [1.165, 1.54) is 18.0 Å². The fourth-order valence-electron chi connectivity index (χ4n) is 2.65. The highest BCUT2D eigenvalue weighted by Crippen LogP contribution is 2.18. The van der Waals surface area contributed by atoms with Crippen LogP contribution in [0, 0.1) is 0 Å². The van der Waals surface area contributed by atoms with Gasteiger partial charge >= 0.3 is 0 Å². The molecule has 0 radical (unpaired) electrons. The van der Waals surface area contributed by atoms with E-state index in [2.05, 4.69) is 34.4 Å². The number of amides is 2. The number of nitrogens with zero attached hydrogens (tertiary/aromatic N) is 2. The lowest BCUT2D eigenvalue weighted by molar-refractivity contribution is -0.118. The van der Waals surface area contributed by atoms with Gasteiger partial charge in [-0.1, -0.05) is 38.1 Å². The number of hydrogen-bond acceptors (Lipinski definition) is 4. The van der Waals surface area contributed by atoms with Gasteiger partial charge in [-0.05, 0) is 47.4 Å². The van der Waals surface area contributed by atoms with Crippen LogP contribution in [0.1, 0.15) is 30.9 Å². The second-order valence-corrected chi connectivity index (χ2v) is 6.77. The monoisotopic (exact) mass is 386 g/mol. The van der Waals surface area contributed by atoms with Gasteiger partial charge in [-0.2, -0.15) is 0 Å². The summed E-state index contributed by atoms with van der Waals surface area (Å²) >= 11 is 0. The summed E-state index contributed by atoms with van der Waals surface area (Å²) in [5, 5.41) is 5.42. The van der Waals surface area contributed by atoms with E-state index in [1.807, 2.05) is 24.3 Å². The van der Waals surface area contributed by atoms with Crippen molar-refractivity contribution in [3.63, 3.8) is 0 Å². The third-order valence-corrected chi connectivity index (χ3v) is 4.24. The Hall–Kier alpha value is -3.80. The van der Waals surface area contributed by atoms with Crippen LogP contribution in [0.4, 0.5) is 11.4 Å². The number of carbonyl (C=O) groups is 2. The Bertz CT molecular complexity index is 943. The Morgan fingerprint density at radius 1 is 0.828 bits per heavy atom. The second kappa shape index (κ2) is 9.41. The number of carbonyl (C=O) groups excluding carboxylic acids is 2. The lowest BCUT2D eigenvalue weighted by Crippen LogP contribution is -2.25. The van der Waals surface area contributed by atoms with Crippen LogP contribution in [-0.2, 0) is 9.59 Å². The number of nitrogens with one attached hydrogen (secondary N) is 2. The third kappa shape index (κ3) is 5.59. The molecule has 6 nitrogen and oxygen atoms in total. The molecule has 3 aromatic rings. The summed E-state index contributed by atoms with van der Waals surface area (Å²) in [7, 11) is 0. The molecule has 0 fully saturated rings. The molecule has 0 aliphatic rings. The van der Waals surface area contributed by atoms with Crippen molar-refractivity contribution >= 4 is 29.3 Å². The first-order chi connectivity index (χ1) is 14.0. The molecule has 2 N–H and O–H groups in total. The molecule has 0 saturated carbocycles. The smallest absolute Gasteiger partial charge is 0.261 e. The Labute approximate surface area is 169 Å². The summed E-state index contributed by atoms with van der Waals surface area (Å²) in [6.07, 6.45) is 7.83. The Morgan fingerprint density at radius 2 is 1.34 bits per heavy atom. The van der Waals surface area contributed by atoms with Crippen LogP contribution in [0.15, 0.2) is 78.9 Å². The number of hydrogen-bond donors (Lipinski definition) is 2. The highest BCUT2D eigenvalue weighted by atomic mass is 16.2. The van der Waals surface area contributed by atoms with E-state index < -0.39 is 11.8 Å². The van der Waals surface area contributed by atoms with Gasteiger partial charge in [0, 0.05) is 12.4 Å². The number of benzene rings is 1. The van der Waals surface area contributed by atoms with Gasteiger partial charge in [-0.25, -0.2) is 0 Å². The molecule has 146 valence electrons. The molecule has 0 spiro atoms. The van der Waals surface area contributed by atoms with Crippen LogP contribution < -0.4 is 10.6 Å². The first kappa shape index (κ1) is 19.9. The maximum absolute atomic E-state index is 12.8. The van der Waals surface area contributed by atoms with E-state index in [0.717, 1.165) is 5.56 Å². The van der Waals surface area contributed by atoms with E-state index >= 15 is 0 Å². The maximum Gasteiger partial charge on any atom is 0.261 e. The molecule has 0 atom stereocenters. The van der Waals surface area contributed by atoms with Gasteiger partial charge in [-0.3, -0.25) is 19.6 Å². The first-order valence-electron chi connectivity index (χ1n) is 9.27. The number of pyridine rings is 2. The van der Waals surface area contributed by atoms with E-state index in [-0.39, 0.29) is 5.57 Å². The van der Waals surface area contributed by atoms with Crippen molar-refractivity contribution in [1.82, 2.24) is 9.97 Å². The van der Waals surface area contributed by atoms with Crippen LogP contribution in [0.5, 0.6) is 0 Å². The largest absolute Gasteiger partial charge is 0.320 e. The Morgan fingerprint density at radius 3 is 1.76 bits per heavy atom. The average molecular weight is 386 g/mol. The lowest BCUT2D eigenvalue weighted by Gasteiger charge is -2.10. The van der Waals surface area contributed by atoms with E-state index in [4.69, 9.17) is 0 Å². The predicted octanol–water partition coefficient (Wildman–Crippen LogP) is 4.26. The molecule has 6 heteroatoms. The van der Waals surface area contributed by atoms with Gasteiger partial charge in [0.25, 0.3) is 11.8 Å². The zero-order chi connectivity index (χ0) is 20.6. The van der Waals surface area contributed by atoms with Gasteiger partial charge in [0.2, 0.25) is 0 Å². The fraction of sp³-hybridized carbons (Fsp3) is 0.130. The molecule has 29 heavy (non-hydrogen) atoms. The molecular formula is C23H22N4O2. The summed E-state index contributed by atoms with van der Waals surface area (Å²) in [6, 6.07) is 14.6. The van der Waals surface area contributed by atoms with E-state index in [1.54, 1.807) is 42.7 Å². The molecule has 0 aliphatic carbocycles. The van der Waals surface area contributed by atoms with Crippen LogP contribution in [0.3, 0.4) is 0 Å². The fourth-order valence-corrected chi connectivity index (χ4v) is 2.65. The molecule has 0 bridgehead atoms. The van der Waals surface area contributed by atoms with Crippen LogP contribution >= 0.6 is 0 Å². The minimum absolute atomic E-state index is 0.0185. The summed E-state index contributed by atoms with van der Waals surface area (Å²) in [4.78, 5) is 33.6. The number of rotatable bonds is 6. The van der Waals surface area contributed by atoms with Gasteiger partial charge in [-0.15, -0.1) is 0 Å². The molecule has 3 rings (SSSR count). The molecular weight excluding hydrogens is 364 g/mol. The normalized spacial score (nSPS) is 10.3. The summed E-state index contributed by atoms with van der Waals surface area (Å²) in [5.74, 6) is -0.644. The molecule has 0 aliphatic heterocycles. The van der Waals surface area contributed by atoms with Crippen molar-refractivity contribution < 1.29 is 9.59 Å². The van der Waals surface area contributed by atoms with E-state index in [9.17, 15) is 9.59 Å². The van der Waals surface area contributed by atoms with E-state index in [0.29, 0.717) is 17.3 Å². The Kier molecular flexibility index (Phi) is 6.47. The highest BCUT2D eigenvalue weighted by molar-refractivity contribution is 6.28. The standard InChI is InChI=1S/C23H22N4O2/c1-16(2)18-9-7-17(8-10-18)13-21(22(28)26-19-5-3-11-24-14-19)23(29)27-20-6-4-12-25-15-20/h3-16H,1-2H3,(H,26,28)(H,27,29). The van der Waals surface area contributed by atoms with Crippen molar-refractivity contribution in [2.24, 2.45) is 0 Å². The van der Waals surface area contributed by atoms with Crippen molar-refractivity contribution in [1.29, 1.82) is 0 Å². The minimum Gasteiger partial charge on any atom is -0.320 e.